The zero-order chi connectivity index (χ0) is 18.4. The summed E-state index contributed by atoms with van der Waals surface area (Å²) in [6, 6.07) is 10.9. The van der Waals surface area contributed by atoms with E-state index in [1.165, 1.54) is 19.2 Å². The highest BCUT2D eigenvalue weighted by Gasteiger charge is 2.18. The van der Waals surface area contributed by atoms with Gasteiger partial charge in [-0.2, -0.15) is 0 Å². The van der Waals surface area contributed by atoms with Crippen molar-refractivity contribution in [3.8, 4) is 0 Å². The number of carbonyl (C=O) groups excluding carboxylic acids is 2. The van der Waals surface area contributed by atoms with Crippen molar-refractivity contribution in [1.82, 2.24) is 5.32 Å². The second kappa shape index (κ2) is 8.60. The van der Waals surface area contributed by atoms with Crippen LogP contribution in [0.2, 0.25) is 5.02 Å². The van der Waals surface area contributed by atoms with Crippen LogP contribution in [0, 0.1) is 12.7 Å². The minimum Gasteiger partial charge on any atom is -0.375 e. The van der Waals surface area contributed by atoms with Crippen molar-refractivity contribution in [3.05, 3.63) is 64.4 Å². The summed E-state index contributed by atoms with van der Waals surface area (Å²) in [5, 5.41) is 5.47. The molecule has 0 spiro atoms. The standard InChI is InChI=1S/C18H18ClFN2O3/c1-11-14(19)7-4-8-15(11)22-18(24)17(23)21-10-16(25-2)12-5-3-6-13(20)9-12/h3-9,16H,10H2,1-2H3,(H,21,23)(H,22,24)/t16-/m0/s1. The third kappa shape index (κ3) is 5.01. The number of halogens is 2. The summed E-state index contributed by atoms with van der Waals surface area (Å²) < 4.78 is 18.5. The van der Waals surface area contributed by atoms with Crippen molar-refractivity contribution in [2.75, 3.05) is 19.0 Å². The Morgan fingerprint density at radius 2 is 1.92 bits per heavy atom. The molecule has 0 aromatic heterocycles. The van der Waals surface area contributed by atoms with Crippen LogP contribution in [-0.4, -0.2) is 25.5 Å². The Morgan fingerprint density at radius 3 is 2.60 bits per heavy atom. The average molecular weight is 365 g/mol. The second-order valence-electron chi connectivity index (χ2n) is 5.36. The van der Waals surface area contributed by atoms with Crippen LogP contribution in [0.4, 0.5) is 10.1 Å². The van der Waals surface area contributed by atoms with Gasteiger partial charge in [-0.25, -0.2) is 4.39 Å². The summed E-state index contributed by atoms with van der Waals surface area (Å²) in [7, 11) is 1.44. The van der Waals surface area contributed by atoms with Gasteiger partial charge in [0.25, 0.3) is 0 Å². The molecule has 7 heteroatoms. The maximum atomic E-state index is 13.3. The van der Waals surface area contributed by atoms with Gasteiger partial charge in [0.1, 0.15) is 5.82 Å². The fourth-order valence-corrected chi connectivity index (χ4v) is 2.41. The van der Waals surface area contributed by atoms with Crippen LogP contribution in [0.3, 0.4) is 0 Å². The van der Waals surface area contributed by atoms with E-state index in [0.717, 1.165) is 0 Å². The number of amides is 2. The molecule has 132 valence electrons. The Balaban J connectivity index is 1.96. The highest BCUT2D eigenvalue weighted by molar-refractivity contribution is 6.40. The quantitative estimate of drug-likeness (QED) is 0.800. The van der Waals surface area contributed by atoms with Gasteiger partial charge in [0.2, 0.25) is 0 Å². The number of benzene rings is 2. The molecule has 0 aliphatic rings. The zero-order valence-corrected chi connectivity index (χ0v) is 14.6. The summed E-state index contributed by atoms with van der Waals surface area (Å²) in [6.07, 6.45) is -0.569. The summed E-state index contributed by atoms with van der Waals surface area (Å²) in [6.45, 7) is 1.77. The SMILES string of the molecule is CO[C@@H](CNC(=O)C(=O)Nc1cccc(Cl)c1C)c1cccc(F)c1. The zero-order valence-electron chi connectivity index (χ0n) is 13.8. The number of anilines is 1. The molecule has 2 aromatic carbocycles. The molecule has 0 heterocycles. The summed E-state index contributed by atoms with van der Waals surface area (Å²) in [4.78, 5) is 24.0. The van der Waals surface area contributed by atoms with Crippen molar-refractivity contribution < 1.29 is 18.7 Å². The third-order valence-corrected chi connectivity index (χ3v) is 4.08. The first-order chi connectivity index (χ1) is 11.9. The molecular weight excluding hydrogens is 347 g/mol. The van der Waals surface area contributed by atoms with E-state index >= 15 is 0 Å². The van der Waals surface area contributed by atoms with Crippen LogP contribution in [0.15, 0.2) is 42.5 Å². The number of ether oxygens (including phenoxy) is 1. The van der Waals surface area contributed by atoms with Gasteiger partial charge in [-0.1, -0.05) is 29.8 Å². The first-order valence-corrected chi connectivity index (χ1v) is 7.92. The van der Waals surface area contributed by atoms with Gasteiger partial charge >= 0.3 is 11.8 Å². The number of carbonyl (C=O) groups is 2. The summed E-state index contributed by atoms with van der Waals surface area (Å²) in [5.41, 5.74) is 1.69. The van der Waals surface area contributed by atoms with Crippen LogP contribution in [0.5, 0.6) is 0 Å². The number of nitrogens with one attached hydrogen (secondary N) is 2. The molecule has 0 unspecified atom stereocenters. The predicted molar refractivity (Wildman–Crippen MR) is 94.0 cm³/mol. The van der Waals surface area contributed by atoms with E-state index in [0.29, 0.717) is 21.8 Å². The molecule has 0 aliphatic carbocycles. The predicted octanol–water partition coefficient (Wildman–Crippen LogP) is 3.23. The Bertz CT molecular complexity index is 783. The van der Waals surface area contributed by atoms with Crippen LogP contribution < -0.4 is 10.6 Å². The Hall–Kier alpha value is -2.44. The molecule has 2 N–H and O–H groups in total. The van der Waals surface area contributed by atoms with E-state index in [2.05, 4.69) is 10.6 Å². The lowest BCUT2D eigenvalue weighted by atomic mass is 10.1. The molecule has 0 fully saturated rings. The molecular formula is C18H18ClFN2O3. The van der Waals surface area contributed by atoms with E-state index in [4.69, 9.17) is 16.3 Å². The van der Waals surface area contributed by atoms with Crippen LogP contribution in [0.25, 0.3) is 0 Å². The fraction of sp³-hybridized carbons (Fsp3) is 0.222. The summed E-state index contributed by atoms with van der Waals surface area (Å²) in [5.74, 6) is -2.04. The number of methoxy groups -OCH3 is 1. The number of hydrogen-bond donors (Lipinski definition) is 2. The Kier molecular flexibility index (Phi) is 6.50. The van der Waals surface area contributed by atoms with Crippen molar-refractivity contribution in [2.24, 2.45) is 0 Å². The van der Waals surface area contributed by atoms with Crippen molar-refractivity contribution >= 4 is 29.1 Å². The molecule has 0 bridgehead atoms. The molecule has 0 aliphatic heterocycles. The lowest BCUT2D eigenvalue weighted by Gasteiger charge is -2.16. The fourth-order valence-electron chi connectivity index (χ4n) is 2.23. The van der Waals surface area contributed by atoms with Crippen molar-refractivity contribution in [1.29, 1.82) is 0 Å². The number of hydrogen-bond acceptors (Lipinski definition) is 3. The summed E-state index contributed by atoms with van der Waals surface area (Å²) >= 11 is 5.98. The molecule has 2 aromatic rings. The third-order valence-electron chi connectivity index (χ3n) is 3.68. The molecule has 0 radical (unpaired) electrons. The highest BCUT2D eigenvalue weighted by Crippen LogP contribution is 2.22. The highest BCUT2D eigenvalue weighted by atomic mass is 35.5. The van der Waals surface area contributed by atoms with Gasteiger partial charge in [0, 0.05) is 24.4 Å². The Morgan fingerprint density at radius 1 is 1.20 bits per heavy atom. The molecule has 5 nitrogen and oxygen atoms in total. The maximum absolute atomic E-state index is 13.3. The normalized spacial score (nSPS) is 11.7. The molecule has 2 rings (SSSR count). The first kappa shape index (κ1) is 18.9. The van der Waals surface area contributed by atoms with E-state index < -0.39 is 23.7 Å². The smallest absolute Gasteiger partial charge is 0.313 e. The molecule has 1 atom stereocenters. The van der Waals surface area contributed by atoms with E-state index in [9.17, 15) is 14.0 Å². The first-order valence-electron chi connectivity index (χ1n) is 7.55. The molecule has 2 amide bonds. The lowest BCUT2D eigenvalue weighted by Crippen LogP contribution is -2.38. The lowest BCUT2D eigenvalue weighted by molar-refractivity contribution is -0.136. The molecule has 0 saturated carbocycles. The van der Waals surface area contributed by atoms with Gasteiger partial charge in [-0.05, 0) is 42.3 Å². The van der Waals surface area contributed by atoms with Gasteiger partial charge in [-0.3, -0.25) is 9.59 Å². The van der Waals surface area contributed by atoms with Gasteiger partial charge in [-0.15, -0.1) is 0 Å². The Labute approximate surface area is 150 Å². The van der Waals surface area contributed by atoms with E-state index in [-0.39, 0.29) is 6.54 Å². The maximum Gasteiger partial charge on any atom is 0.313 e. The van der Waals surface area contributed by atoms with Crippen LogP contribution >= 0.6 is 11.6 Å². The minimum atomic E-state index is -0.821. The van der Waals surface area contributed by atoms with Crippen molar-refractivity contribution in [3.63, 3.8) is 0 Å². The van der Waals surface area contributed by atoms with Gasteiger partial charge in [0.05, 0.1) is 6.10 Å². The van der Waals surface area contributed by atoms with Crippen molar-refractivity contribution in [2.45, 2.75) is 13.0 Å². The van der Waals surface area contributed by atoms with E-state index in [1.54, 1.807) is 37.3 Å². The van der Waals surface area contributed by atoms with E-state index in [1.807, 2.05) is 0 Å². The van der Waals surface area contributed by atoms with Crippen LogP contribution in [-0.2, 0) is 14.3 Å². The molecule has 25 heavy (non-hydrogen) atoms. The second-order valence-corrected chi connectivity index (χ2v) is 5.76. The average Bonchev–Trinajstić information content (AvgIpc) is 2.59. The minimum absolute atomic E-state index is 0.0285. The van der Waals surface area contributed by atoms with Crippen LogP contribution in [0.1, 0.15) is 17.2 Å². The number of rotatable bonds is 5. The molecule has 0 saturated heterocycles. The van der Waals surface area contributed by atoms with Gasteiger partial charge < -0.3 is 15.4 Å². The largest absolute Gasteiger partial charge is 0.375 e. The van der Waals surface area contributed by atoms with Gasteiger partial charge in [0.15, 0.2) is 0 Å². The topological polar surface area (TPSA) is 67.4 Å². The monoisotopic (exact) mass is 364 g/mol.